The number of ether oxygens (including phenoxy) is 1. The molecule has 0 unspecified atom stereocenters. The number of hydrogen-bond donors (Lipinski definition) is 2. The molecule has 5 heteroatoms. The predicted octanol–water partition coefficient (Wildman–Crippen LogP) is 3.00. The van der Waals surface area contributed by atoms with Crippen molar-refractivity contribution >= 4 is 11.7 Å². The molecular weight excluding hydrogens is 376 g/mol. The molecule has 3 aromatic carbocycles. The first kappa shape index (κ1) is 20.0. The van der Waals surface area contributed by atoms with Gasteiger partial charge < -0.3 is 10.1 Å². The average Bonchev–Trinajstić information content (AvgIpc) is 2.79. The van der Waals surface area contributed by atoms with Gasteiger partial charge in [0.1, 0.15) is 12.6 Å². The SMILES string of the molecule is CC(=O)CO[C@@H]1NC(=O)[C@@H]1NC(c1ccccc1)(c1ccccc1)c1ccccc1. The number of benzene rings is 3. The Morgan fingerprint density at radius 1 is 0.867 bits per heavy atom. The number of ketones is 1. The minimum Gasteiger partial charge on any atom is -0.349 e. The van der Waals surface area contributed by atoms with Crippen molar-refractivity contribution in [2.75, 3.05) is 6.61 Å². The Kier molecular flexibility index (Phi) is 5.74. The van der Waals surface area contributed by atoms with E-state index < -0.39 is 17.8 Å². The maximum atomic E-state index is 12.5. The van der Waals surface area contributed by atoms with Gasteiger partial charge in [0.05, 0.1) is 5.54 Å². The van der Waals surface area contributed by atoms with E-state index in [1.165, 1.54) is 6.92 Å². The fourth-order valence-electron chi connectivity index (χ4n) is 3.89. The summed E-state index contributed by atoms with van der Waals surface area (Å²) in [4.78, 5) is 23.9. The minimum absolute atomic E-state index is 0.0435. The summed E-state index contributed by atoms with van der Waals surface area (Å²) in [7, 11) is 0. The second kappa shape index (κ2) is 8.61. The van der Waals surface area contributed by atoms with Crippen LogP contribution in [-0.2, 0) is 19.9 Å². The number of amides is 1. The fraction of sp³-hybridized carbons (Fsp3) is 0.200. The van der Waals surface area contributed by atoms with Crippen LogP contribution in [0.5, 0.6) is 0 Å². The lowest BCUT2D eigenvalue weighted by atomic mass is 9.76. The molecule has 0 radical (unpaired) electrons. The summed E-state index contributed by atoms with van der Waals surface area (Å²) in [5.74, 6) is -0.244. The lowest BCUT2D eigenvalue weighted by Gasteiger charge is -2.45. The Labute approximate surface area is 176 Å². The molecule has 0 saturated carbocycles. The highest BCUT2D eigenvalue weighted by atomic mass is 16.5. The largest absolute Gasteiger partial charge is 0.349 e. The number of nitrogens with one attached hydrogen (secondary N) is 2. The highest BCUT2D eigenvalue weighted by molar-refractivity contribution is 5.89. The molecule has 0 bridgehead atoms. The van der Waals surface area contributed by atoms with Gasteiger partial charge in [-0.1, -0.05) is 91.0 Å². The Morgan fingerprint density at radius 3 is 1.67 bits per heavy atom. The van der Waals surface area contributed by atoms with Gasteiger partial charge in [0.25, 0.3) is 0 Å². The Balaban J connectivity index is 1.83. The second-order valence-corrected chi connectivity index (χ2v) is 7.41. The van der Waals surface area contributed by atoms with E-state index >= 15 is 0 Å². The van der Waals surface area contributed by atoms with Gasteiger partial charge in [-0.15, -0.1) is 0 Å². The minimum atomic E-state index is -0.774. The molecule has 1 heterocycles. The number of rotatable bonds is 8. The van der Waals surface area contributed by atoms with Crippen LogP contribution in [0.4, 0.5) is 0 Å². The van der Waals surface area contributed by atoms with Crippen molar-refractivity contribution in [1.82, 2.24) is 10.6 Å². The maximum absolute atomic E-state index is 12.5. The first-order chi connectivity index (χ1) is 14.6. The number of carbonyl (C=O) groups excluding carboxylic acids is 2. The van der Waals surface area contributed by atoms with Crippen LogP contribution in [0.1, 0.15) is 23.6 Å². The predicted molar refractivity (Wildman–Crippen MR) is 115 cm³/mol. The lowest BCUT2D eigenvalue weighted by Crippen LogP contribution is -2.72. The first-order valence-electron chi connectivity index (χ1n) is 9.97. The zero-order valence-corrected chi connectivity index (χ0v) is 16.7. The average molecular weight is 400 g/mol. The Hall–Kier alpha value is -3.28. The fourth-order valence-corrected chi connectivity index (χ4v) is 3.89. The standard InChI is InChI=1S/C25H24N2O3/c1-18(28)17-30-24-22(23(29)26-24)27-25(19-11-5-2-6-12-19,20-13-7-3-8-14-20)21-15-9-4-10-16-21/h2-16,22,24,27H,17H2,1H3,(H,26,29)/t22-,24-/m0/s1. The number of Topliss-reactive ketones (excluding diaryl/α,β-unsaturated/α-hetero) is 1. The van der Waals surface area contributed by atoms with Gasteiger partial charge in [0.15, 0.2) is 12.0 Å². The van der Waals surface area contributed by atoms with Crippen LogP contribution in [0.25, 0.3) is 0 Å². The summed E-state index contributed by atoms with van der Waals surface area (Å²) in [5, 5.41) is 6.34. The summed E-state index contributed by atoms with van der Waals surface area (Å²) in [6.45, 7) is 1.42. The lowest BCUT2D eigenvalue weighted by molar-refractivity contribution is -0.151. The third-order valence-corrected chi connectivity index (χ3v) is 5.33. The molecule has 152 valence electrons. The summed E-state index contributed by atoms with van der Waals surface area (Å²) in [5.41, 5.74) is 2.25. The van der Waals surface area contributed by atoms with E-state index in [-0.39, 0.29) is 18.3 Å². The summed E-state index contributed by atoms with van der Waals surface area (Å²) >= 11 is 0. The molecule has 1 fully saturated rings. The molecular formula is C25H24N2O3. The van der Waals surface area contributed by atoms with E-state index in [0.29, 0.717) is 0 Å². The van der Waals surface area contributed by atoms with E-state index in [9.17, 15) is 9.59 Å². The molecule has 0 spiro atoms. The van der Waals surface area contributed by atoms with Gasteiger partial charge in [-0.05, 0) is 23.6 Å². The van der Waals surface area contributed by atoms with Gasteiger partial charge in [-0.2, -0.15) is 0 Å². The second-order valence-electron chi connectivity index (χ2n) is 7.41. The third-order valence-electron chi connectivity index (χ3n) is 5.33. The van der Waals surface area contributed by atoms with E-state index in [1.54, 1.807) is 0 Å². The number of hydrogen-bond acceptors (Lipinski definition) is 4. The number of carbonyl (C=O) groups is 2. The monoisotopic (exact) mass is 400 g/mol. The zero-order chi connectivity index (χ0) is 21.0. The molecule has 4 rings (SSSR count). The van der Waals surface area contributed by atoms with Crippen molar-refractivity contribution in [3.63, 3.8) is 0 Å². The molecule has 3 aromatic rings. The van der Waals surface area contributed by atoms with E-state index in [1.807, 2.05) is 54.6 Å². The Morgan fingerprint density at radius 2 is 1.30 bits per heavy atom. The van der Waals surface area contributed by atoms with Crippen LogP contribution in [0.3, 0.4) is 0 Å². The van der Waals surface area contributed by atoms with Crippen molar-refractivity contribution in [3.8, 4) is 0 Å². The van der Waals surface area contributed by atoms with Crippen LogP contribution in [0.15, 0.2) is 91.0 Å². The topological polar surface area (TPSA) is 67.4 Å². The van der Waals surface area contributed by atoms with Crippen molar-refractivity contribution in [1.29, 1.82) is 0 Å². The van der Waals surface area contributed by atoms with Crippen LogP contribution in [-0.4, -0.2) is 30.6 Å². The maximum Gasteiger partial charge on any atom is 0.243 e. The summed E-state index contributed by atoms with van der Waals surface area (Å²) in [6, 6.07) is 29.5. The van der Waals surface area contributed by atoms with Crippen molar-refractivity contribution in [3.05, 3.63) is 108 Å². The van der Waals surface area contributed by atoms with Crippen LogP contribution >= 0.6 is 0 Å². The molecule has 30 heavy (non-hydrogen) atoms. The molecule has 2 N–H and O–H groups in total. The molecule has 2 atom stereocenters. The number of β-lactam (4-membered cyclic amide) rings is 1. The first-order valence-corrected chi connectivity index (χ1v) is 9.97. The van der Waals surface area contributed by atoms with Crippen molar-refractivity contribution < 1.29 is 14.3 Å². The van der Waals surface area contributed by atoms with Crippen LogP contribution in [0, 0.1) is 0 Å². The molecule has 1 aliphatic rings. The van der Waals surface area contributed by atoms with Gasteiger partial charge in [-0.3, -0.25) is 14.9 Å². The molecule has 1 saturated heterocycles. The van der Waals surface area contributed by atoms with E-state index in [0.717, 1.165) is 16.7 Å². The van der Waals surface area contributed by atoms with Gasteiger partial charge in [-0.25, -0.2) is 0 Å². The Bertz CT molecular complexity index is 910. The zero-order valence-electron chi connectivity index (χ0n) is 16.7. The molecule has 0 aliphatic carbocycles. The molecule has 0 aromatic heterocycles. The van der Waals surface area contributed by atoms with Crippen LogP contribution in [0.2, 0.25) is 0 Å². The van der Waals surface area contributed by atoms with Gasteiger partial charge in [0, 0.05) is 0 Å². The summed E-state index contributed by atoms with van der Waals surface area (Å²) < 4.78 is 5.63. The normalized spacial score (nSPS) is 18.4. The quantitative estimate of drug-likeness (QED) is 0.451. The molecule has 1 aliphatic heterocycles. The molecule has 5 nitrogen and oxygen atoms in total. The van der Waals surface area contributed by atoms with E-state index in [4.69, 9.17) is 4.74 Å². The highest BCUT2D eigenvalue weighted by Gasteiger charge is 2.47. The third kappa shape index (κ3) is 3.77. The van der Waals surface area contributed by atoms with Crippen molar-refractivity contribution in [2.24, 2.45) is 0 Å². The smallest absolute Gasteiger partial charge is 0.243 e. The van der Waals surface area contributed by atoms with Crippen molar-refractivity contribution in [2.45, 2.75) is 24.7 Å². The van der Waals surface area contributed by atoms with Crippen LogP contribution < -0.4 is 10.6 Å². The van der Waals surface area contributed by atoms with Gasteiger partial charge in [0.2, 0.25) is 5.91 Å². The van der Waals surface area contributed by atoms with E-state index in [2.05, 4.69) is 47.0 Å². The highest BCUT2D eigenvalue weighted by Crippen LogP contribution is 2.38. The molecule has 1 amide bonds. The summed E-state index contributed by atoms with van der Waals surface area (Å²) in [6.07, 6.45) is -0.572. The van der Waals surface area contributed by atoms with Gasteiger partial charge >= 0.3 is 0 Å².